The molecule has 1 N–H and O–H groups in total. The van der Waals surface area contributed by atoms with Crippen molar-refractivity contribution in [3.05, 3.63) is 58.3 Å². The number of Topliss-reactive ketones (excluding diaryl/α,β-unsaturated/α-hetero) is 1. The lowest BCUT2D eigenvalue weighted by Gasteiger charge is -2.02. The van der Waals surface area contributed by atoms with Crippen LogP contribution < -0.4 is 5.32 Å². The predicted octanol–water partition coefficient (Wildman–Crippen LogP) is 4.78. The van der Waals surface area contributed by atoms with Gasteiger partial charge in [0.2, 0.25) is 5.91 Å². The Morgan fingerprint density at radius 1 is 1.08 bits per heavy atom. The highest BCUT2D eigenvalue weighted by atomic mass is 32.1. The van der Waals surface area contributed by atoms with Crippen LogP contribution in [-0.4, -0.2) is 16.7 Å². The molecule has 24 heavy (non-hydrogen) atoms. The quantitative estimate of drug-likeness (QED) is 0.647. The van der Waals surface area contributed by atoms with E-state index >= 15 is 0 Å². The Hall–Kier alpha value is -2.31. The molecule has 0 radical (unpaired) electrons. The van der Waals surface area contributed by atoms with Crippen molar-refractivity contribution < 1.29 is 9.59 Å². The molecule has 122 valence electrons. The zero-order valence-electron chi connectivity index (χ0n) is 13.1. The smallest absolute Gasteiger partial charge is 0.226 e. The van der Waals surface area contributed by atoms with Gasteiger partial charge in [0.05, 0.1) is 10.6 Å². The molecule has 0 unspecified atom stereocenters. The van der Waals surface area contributed by atoms with Gasteiger partial charge in [0.15, 0.2) is 10.9 Å². The summed E-state index contributed by atoms with van der Waals surface area (Å²) in [5.74, 6) is -0.220. The van der Waals surface area contributed by atoms with Crippen LogP contribution in [0.5, 0.6) is 0 Å². The van der Waals surface area contributed by atoms with Gasteiger partial charge in [-0.3, -0.25) is 9.59 Å². The lowest BCUT2D eigenvalue weighted by molar-refractivity contribution is -0.116. The molecular weight excluding hydrogens is 340 g/mol. The minimum atomic E-state index is -0.192. The topological polar surface area (TPSA) is 59.1 Å². The van der Waals surface area contributed by atoms with E-state index in [1.165, 1.54) is 16.2 Å². The number of nitrogens with one attached hydrogen (secondary N) is 1. The van der Waals surface area contributed by atoms with Gasteiger partial charge in [-0.05, 0) is 19.1 Å². The molecule has 4 nitrogen and oxygen atoms in total. The predicted molar refractivity (Wildman–Crippen MR) is 98.8 cm³/mol. The summed E-state index contributed by atoms with van der Waals surface area (Å²) in [6.45, 7) is 2.05. The monoisotopic (exact) mass is 356 g/mol. The van der Waals surface area contributed by atoms with E-state index in [4.69, 9.17) is 0 Å². The first-order chi connectivity index (χ1) is 11.6. The third kappa shape index (κ3) is 4.15. The third-order valence-electron chi connectivity index (χ3n) is 3.42. The number of aromatic nitrogens is 1. The summed E-state index contributed by atoms with van der Waals surface area (Å²) in [6, 6.07) is 13.1. The van der Waals surface area contributed by atoms with Crippen LogP contribution >= 0.6 is 22.7 Å². The number of ketones is 1. The first-order valence-corrected chi connectivity index (χ1v) is 9.22. The van der Waals surface area contributed by atoms with E-state index in [2.05, 4.69) is 10.3 Å². The van der Waals surface area contributed by atoms with Crippen molar-refractivity contribution in [3.8, 4) is 10.6 Å². The minimum Gasteiger partial charge on any atom is -0.302 e. The van der Waals surface area contributed by atoms with E-state index in [-0.39, 0.29) is 24.5 Å². The molecule has 0 aliphatic rings. The van der Waals surface area contributed by atoms with Gasteiger partial charge in [-0.1, -0.05) is 30.3 Å². The summed E-state index contributed by atoms with van der Waals surface area (Å²) in [5.41, 5.74) is 1.50. The summed E-state index contributed by atoms with van der Waals surface area (Å²) < 4.78 is 0. The normalized spacial score (nSPS) is 10.5. The Balaban J connectivity index is 1.54. The van der Waals surface area contributed by atoms with Gasteiger partial charge in [0.1, 0.15) is 0 Å². The second kappa shape index (κ2) is 7.51. The Labute approximate surface area is 148 Å². The van der Waals surface area contributed by atoms with E-state index in [1.807, 2.05) is 42.6 Å². The number of benzene rings is 1. The molecule has 0 fully saturated rings. The maximum Gasteiger partial charge on any atom is 0.226 e. The molecule has 0 aliphatic heterocycles. The number of carbonyl (C=O) groups excluding carboxylic acids is 2. The highest BCUT2D eigenvalue weighted by molar-refractivity contribution is 7.17. The maximum absolute atomic E-state index is 12.0. The molecule has 0 bridgehead atoms. The molecule has 3 aromatic rings. The minimum absolute atomic E-state index is 0.0281. The molecule has 6 heteroatoms. The van der Waals surface area contributed by atoms with Crippen molar-refractivity contribution in [3.63, 3.8) is 0 Å². The van der Waals surface area contributed by atoms with Crippen molar-refractivity contribution in [2.24, 2.45) is 0 Å². The van der Waals surface area contributed by atoms with Crippen LogP contribution in [0.1, 0.15) is 28.1 Å². The van der Waals surface area contributed by atoms with Crippen LogP contribution in [0.2, 0.25) is 0 Å². The average molecular weight is 356 g/mol. The van der Waals surface area contributed by atoms with Crippen molar-refractivity contribution >= 4 is 39.5 Å². The fraction of sp³-hybridized carbons (Fsp3) is 0.167. The van der Waals surface area contributed by atoms with Crippen molar-refractivity contribution in [1.29, 1.82) is 0 Å². The van der Waals surface area contributed by atoms with Gasteiger partial charge in [0, 0.05) is 28.7 Å². The number of anilines is 1. The lowest BCUT2D eigenvalue weighted by Crippen LogP contribution is -2.13. The summed E-state index contributed by atoms with van der Waals surface area (Å²) in [5, 5.41) is 5.26. The van der Waals surface area contributed by atoms with Crippen LogP contribution in [0.15, 0.2) is 47.8 Å². The second-order valence-corrected chi connectivity index (χ2v) is 7.43. The molecule has 1 aromatic carbocycles. The molecule has 0 aliphatic carbocycles. The van der Waals surface area contributed by atoms with Crippen LogP contribution in [0.3, 0.4) is 0 Å². The summed E-state index contributed by atoms with van der Waals surface area (Å²) in [7, 11) is 0. The molecule has 0 atom stereocenters. The van der Waals surface area contributed by atoms with Gasteiger partial charge < -0.3 is 5.32 Å². The number of amides is 1. The maximum atomic E-state index is 12.0. The molecular formula is C18H16N2O2S2. The number of hydrogen-bond donors (Lipinski definition) is 1. The molecule has 0 saturated heterocycles. The number of rotatable bonds is 6. The van der Waals surface area contributed by atoms with Gasteiger partial charge in [0.25, 0.3) is 0 Å². The van der Waals surface area contributed by atoms with Gasteiger partial charge in [-0.25, -0.2) is 4.98 Å². The second-order valence-electron chi connectivity index (χ2n) is 5.29. The first-order valence-electron chi connectivity index (χ1n) is 7.52. The Morgan fingerprint density at radius 3 is 2.58 bits per heavy atom. The number of carbonyl (C=O) groups is 2. The highest BCUT2D eigenvalue weighted by Gasteiger charge is 2.12. The van der Waals surface area contributed by atoms with Crippen LogP contribution in [0.25, 0.3) is 10.6 Å². The molecule has 1 amide bonds. The number of thiophene rings is 1. The molecule has 3 rings (SSSR count). The number of aryl methyl sites for hydroxylation is 1. The zero-order valence-corrected chi connectivity index (χ0v) is 14.7. The van der Waals surface area contributed by atoms with E-state index in [0.717, 1.165) is 10.6 Å². The van der Waals surface area contributed by atoms with Gasteiger partial charge in [-0.2, -0.15) is 0 Å². The average Bonchev–Trinajstić information content (AvgIpc) is 3.22. The Morgan fingerprint density at radius 2 is 1.88 bits per heavy atom. The van der Waals surface area contributed by atoms with Crippen LogP contribution in [-0.2, 0) is 4.79 Å². The first kappa shape index (κ1) is 16.5. The van der Waals surface area contributed by atoms with E-state index in [1.54, 1.807) is 23.5 Å². The van der Waals surface area contributed by atoms with Gasteiger partial charge in [-0.15, -0.1) is 22.7 Å². The molecule has 2 heterocycles. The van der Waals surface area contributed by atoms with Crippen LogP contribution in [0.4, 0.5) is 5.13 Å². The van der Waals surface area contributed by atoms with Crippen molar-refractivity contribution in [2.45, 2.75) is 19.8 Å². The fourth-order valence-corrected chi connectivity index (χ4v) is 3.82. The molecule has 0 saturated carbocycles. The van der Waals surface area contributed by atoms with E-state index in [9.17, 15) is 9.59 Å². The SMILES string of the molecule is Cc1ccc(-c2csc(NC(=O)CCC(=O)c3ccccc3)n2)s1. The number of thiazole rings is 1. The van der Waals surface area contributed by atoms with Crippen molar-refractivity contribution in [1.82, 2.24) is 4.98 Å². The van der Waals surface area contributed by atoms with Crippen LogP contribution in [0, 0.1) is 6.92 Å². The lowest BCUT2D eigenvalue weighted by atomic mass is 10.1. The standard InChI is InChI=1S/C18H16N2O2S2/c1-12-7-9-16(24-12)14-11-23-18(19-14)20-17(22)10-8-15(21)13-5-3-2-4-6-13/h2-7,9,11H,8,10H2,1H3,(H,19,20,22). The van der Waals surface area contributed by atoms with Gasteiger partial charge >= 0.3 is 0 Å². The van der Waals surface area contributed by atoms with E-state index in [0.29, 0.717) is 10.7 Å². The molecule has 2 aromatic heterocycles. The fourth-order valence-electron chi connectivity index (χ4n) is 2.19. The third-order valence-corrected chi connectivity index (χ3v) is 5.20. The zero-order chi connectivity index (χ0) is 16.9. The highest BCUT2D eigenvalue weighted by Crippen LogP contribution is 2.30. The number of nitrogens with zero attached hydrogens (tertiary/aromatic N) is 1. The summed E-state index contributed by atoms with van der Waals surface area (Å²) in [6.07, 6.45) is 0.346. The Kier molecular flexibility index (Phi) is 5.17. The largest absolute Gasteiger partial charge is 0.302 e. The summed E-state index contributed by atoms with van der Waals surface area (Å²) in [4.78, 5) is 30.7. The Bertz CT molecular complexity index is 853. The molecule has 0 spiro atoms. The summed E-state index contributed by atoms with van der Waals surface area (Å²) >= 11 is 3.06. The van der Waals surface area contributed by atoms with E-state index < -0.39 is 0 Å². The van der Waals surface area contributed by atoms with Crippen molar-refractivity contribution in [2.75, 3.05) is 5.32 Å². The number of hydrogen-bond acceptors (Lipinski definition) is 5.